The van der Waals surface area contributed by atoms with Crippen LogP contribution in [0.25, 0.3) is 5.69 Å². The molecular weight excluding hydrogens is 659 g/mol. The van der Waals surface area contributed by atoms with Crippen LogP contribution in [0.2, 0.25) is 0 Å². The van der Waals surface area contributed by atoms with Crippen LogP contribution in [0.4, 0.5) is 5.00 Å². The second kappa shape index (κ2) is 16.8. The molecule has 1 unspecified atom stereocenters. The molecule has 254 valence electrons. The molecule has 48 heavy (non-hydrogen) atoms. The molecule has 0 radical (unpaired) electrons. The van der Waals surface area contributed by atoms with Crippen LogP contribution in [-0.4, -0.2) is 70.7 Å². The Labute approximate surface area is 286 Å². The third-order valence-corrected chi connectivity index (χ3v) is 9.07. The molecular formula is C33H37N5O8S2. The SMILES string of the molecule is CCOC(=O)c1sc(NC(=O)C(C)Sc2nnc(CNC(=O)c3ccccc3OC)n2-c2ccc(OCC)cc2)c(C(=O)OCC)c1C. The van der Waals surface area contributed by atoms with Crippen LogP contribution < -0.4 is 20.1 Å². The summed E-state index contributed by atoms with van der Waals surface area (Å²) in [4.78, 5) is 52.2. The van der Waals surface area contributed by atoms with Crippen molar-refractivity contribution in [1.29, 1.82) is 0 Å². The van der Waals surface area contributed by atoms with Crippen LogP contribution in [-0.2, 0) is 20.8 Å². The maximum absolute atomic E-state index is 13.5. The van der Waals surface area contributed by atoms with Gasteiger partial charge in [0.15, 0.2) is 11.0 Å². The molecule has 0 aliphatic heterocycles. The van der Waals surface area contributed by atoms with E-state index in [9.17, 15) is 19.2 Å². The van der Waals surface area contributed by atoms with Crippen LogP contribution in [0.1, 0.15) is 69.5 Å². The summed E-state index contributed by atoms with van der Waals surface area (Å²) in [6.07, 6.45) is 0. The molecule has 4 rings (SSSR count). The fraction of sp³-hybridized carbons (Fsp3) is 0.333. The van der Waals surface area contributed by atoms with Gasteiger partial charge in [0, 0.05) is 5.69 Å². The van der Waals surface area contributed by atoms with E-state index in [2.05, 4.69) is 20.8 Å². The first kappa shape index (κ1) is 36.0. The van der Waals surface area contributed by atoms with Gasteiger partial charge < -0.3 is 29.6 Å². The predicted octanol–water partition coefficient (Wildman–Crippen LogP) is 5.45. The molecule has 2 N–H and O–H groups in total. The summed E-state index contributed by atoms with van der Waals surface area (Å²) in [5, 5.41) is 14.2. The van der Waals surface area contributed by atoms with Crippen LogP contribution in [0.15, 0.2) is 53.7 Å². The number of methoxy groups -OCH3 is 1. The van der Waals surface area contributed by atoms with Gasteiger partial charge in [0.1, 0.15) is 21.4 Å². The lowest BCUT2D eigenvalue weighted by Crippen LogP contribution is -2.25. The molecule has 0 aliphatic rings. The third kappa shape index (κ3) is 8.33. The van der Waals surface area contributed by atoms with Crippen molar-refractivity contribution >= 4 is 51.9 Å². The zero-order valence-electron chi connectivity index (χ0n) is 27.4. The monoisotopic (exact) mass is 695 g/mol. The van der Waals surface area contributed by atoms with Crippen LogP contribution >= 0.6 is 23.1 Å². The van der Waals surface area contributed by atoms with E-state index in [-0.39, 0.29) is 41.1 Å². The Kier molecular flexibility index (Phi) is 12.6. The van der Waals surface area contributed by atoms with Crippen molar-refractivity contribution in [3.8, 4) is 17.2 Å². The highest BCUT2D eigenvalue weighted by atomic mass is 32.2. The normalized spacial score (nSPS) is 11.4. The minimum absolute atomic E-state index is 0.0201. The summed E-state index contributed by atoms with van der Waals surface area (Å²) in [6.45, 7) is 9.32. The first-order valence-electron chi connectivity index (χ1n) is 15.2. The number of rotatable bonds is 15. The van der Waals surface area contributed by atoms with Gasteiger partial charge in [-0.1, -0.05) is 23.9 Å². The molecule has 2 heterocycles. The van der Waals surface area contributed by atoms with Crippen molar-refractivity contribution in [2.45, 2.75) is 51.6 Å². The molecule has 2 aromatic carbocycles. The molecule has 15 heteroatoms. The Morgan fingerprint density at radius 1 is 0.938 bits per heavy atom. The highest BCUT2D eigenvalue weighted by molar-refractivity contribution is 8.00. The van der Waals surface area contributed by atoms with E-state index in [1.165, 1.54) is 7.11 Å². The molecule has 0 saturated heterocycles. The Morgan fingerprint density at radius 3 is 2.29 bits per heavy atom. The van der Waals surface area contributed by atoms with Crippen LogP contribution in [0.5, 0.6) is 11.5 Å². The highest BCUT2D eigenvalue weighted by Crippen LogP contribution is 2.35. The van der Waals surface area contributed by atoms with Crippen molar-refractivity contribution in [1.82, 2.24) is 20.1 Å². The van der Waals surface area contributed by atoms with Gasteiger partial charge in [0.2, 0.25) is 5.91 Å². The molecule has 0 bridgehead atoms. The van der Waals surface area contributed by atoms with Crippen molar-refractivity contribution < 1.29 is 38.1 Å². The van der Waals surface area contributed by atoms with Gasteiger partial charge >= 0.3 is 11.9 Å². The van der Waals surface area contributed by atoms with E-state index in [1.54, 1.807) is 68.7 Å². The topological polar surface area (TPSA) is 160 Å². The summed E-state index contributed by atoms with van der Waals surface area (Å²) in [5.41, 5.74) is 1.51. The van der Waals surface area contributed by atoms with Gasteiger partial charge in [-0.2, -0.15) is 0 Å². The lowest BCUT2D eigenvalue weighted by molar-refractivity contribution is -0.115. The van der Waals surface area contributed by atoms with Gasteiger partial charge in [-0.3, -0.25) is 14.2 Å². The lowest BCUT2D eigenvalue weighted by Gasteiger charge is -2.15. The first-order chi connectivity index (χ1) is 23.1. The summed E-state index contributed by atoms with van der Waals surface area (Å²) in [6, 6.07) is 14.1. The minimum Gasteiger partial charge on any atom is -0.496 e. The number of thiophene rings is 1. The number of nitrogens with zero attached hydrogens (tertiary/aromatic N) is 3. The second-order valence-electron chi connectivity index (χ2n) is 9.99. The highest BCUT2D eigenvalue weighted by Gasteiger charge is 2.29. The van der Waals surface area contributed by atoms with E-state index in [0.29, 0.717) is 45.9 Å². The Bertz CT molecular complexity index is 1770. The zero-order valence-corrected chi connectivity index (χ0v) is 29.1. The van der Waals surface area contributed by atoms with E-state index in [1.807, 2.05) is 19.1 Å². The van der Waals surface area contributed by atoms with E-state index in [4.69, 9.17) is 18.9 Å². The number of carbonyl (C=O) groups is 4. The fourth-order valence-corrected chi connectivity index (χ4v) is 6.54. The Morgan fingerprint density at radius 2 is 1.62 bits per heavy atom. The summed E-state index contributed by atoms with van der Waals surface area (Å²) in [5.74, 6) is -0.547. The van der Waals surface area contributed by atoms with Gasteiger partial charge in [0.05, 0.1) is 49.9 Å². The zero-order chi connectivity index (χ0) is 34.8. The maximum atomic E-state index is 13.5. The smallest absolute Gasteiger partial charge is 0.348 e. The average Bonchev–Trinajstić information content (AvgIpc) is 3.63. The molecule has 0 saturated carbocycles. The Hall–Kier alpha value is -4.89. The van der Waals surface area contributed by atoms with Crippen LogP contribution in [0.3, 0.4) is 0 Å². The molecule has 0 fully saturated rings. The number of ether oxygens (including phenoxy) is 4. The lowest BCUT2D eigenvalue weighted by atomic mass is 10.1. The largest absolute Gasteiger partial charge is 0.496 e. The standard InChI is InChI=1S/C33H37N5O8S2/c1-7-44-22-16-14-21(15-17-22)38-25(18-34-29(40)23-12-10-11-13-24(23)43-6)36-37-33(38)47-20(5)28(39)35-30-26(31(41)45-8-2)19(4)27(48-30)32(42)46-9-3/h10-17,20H,7-9,18H2,1-6H3,(H,34,40)(H,35,39). The van der Waals surface area contributed by atoms with Gasteiger partial charge in [-0.25, -0.2) is 9.59 Å². The number of amides is 2. The molecule has 0 aliphatic carbocycles. The number of aromatic nitrogens is 3. The number of nitrogens with one attached hydrogen (secondary N) is 2. The first-order valence-corrected chi connectivity index (χ1v) is 16.9. The number of hydrogen-bond donors (Lipinski definition) is 2. The number of anilines is 1. The number of thioether (sulfide) groups is 1. The number of carbonyl (C=O) groups excluding carboxylic acids is 4. The quantitative estimate of drug-likeness (QED) is 0.120. The molecule has 13 nitrogen and oxygen atoms in total. The number of benzene rings is 2. The second-order valence-corrected chi connectivity index (χ2v) is 12.3. The summed E-state index contributed by atoms with van der Waals surface area (Å²) >= 11 is 2.07. The minimum atomic E-state index is -0.741. The van der Waals surface area contributed by atoms with Crippen molar-refractivity contribution in [3.05, 3.63) is 75.9 Å². The van der Waals surface area contributed by atoms with Crippen molar-refractivity contribution in [3.63, 3.8) is 0 Å². The predicted molar refractivity (Wildman–Crippen MR) is 182 cm³/mol. The average molecular weight is 696 g/mol. The summed E-state index contributed by atoms with van der Waals surface area (Å²) < 4.78 is 23.0. The molecule has 0 spiro atoms. The number of esters is 2. The van der Waals surface area contributed by atoms with Gasteiger partial charge in [-0.05, 0) is 76.6 Å². The van der Waals surface area contributed by atoms with Crippen LogP contribution in [0, 0.1) is 6.92 Å². The number of hydrogen-bond acceptors (Lipinski definition) is 12. The van der Waals surface area contributed by atoms with E-state index >= 15 is 0 Å². The van der Waals surface area contributed by atoms with Crippen molar-refractivity contribution in [2.24, 2.45) is 0 Å². The Balaban J connectivity index is 1.61. The molecule has 4 aromatic rings. The fourth-order valence-electron chi connectivity index (χ4n) is 4.56. The van der Waals surface area contributed by atoms with E-state index in [0.717, 1.165) is 23.1 Å². The maximum Gasteiger partial charge on any atom is 0.348 e. The van der Waals surface area contributed by atoms with Gasteiger partial charge in [-0.15, -0.1) is 21.5 Å². The molecule has 2 aromatic heterocycles. The molecule has 2 amide bonds. The van der Waals surface area contributed by atoms with E-state index < -0.39 is 23.1 Å². The third-order valence-electron chi connectivity index (χ3n) is 6.84. The van der Waals surface area contributed by atoms with Crippen molar-refractivity contribution in [2.75, 3.05) is 32.2 Å². The number of para-hydroxylation sites is 1. The summed E-state index contributed by atoms with van der Waals surface area (Å²) in [7, 11) is 1.49. The molecule has 1 atom stereocenters. The van der Waals surface area contributed by atoms with Gasteiger partial charge in [0.25, 0.3) is 5.91 Å².